The molecule has 4 heteroatoms. The first-order valence-corrected chi connectivity index (χ1v) is 6.03. The molecule has 1 spiro atoms. The van der Waals surface area contributed by atoms with Crippen LogP contribution >= 0.6 is 0 Å². The Bertz CT molecular complexity index is 269. The van der Waals surface area contributed by atoms with Crippen LogP contribution < -0.4 is 5.32 Å². The van der Waals surface area contributed by atoms with Crippen LogP contribution in [0.1, 0.15) is 25.7 Å². The van der Waals surface area contributed by atoms with Crippen LogP contribution in [0.25, 0.3) is 0 Å². The second kappa shape index (κ2) is 4.72. The van der Waals surface area contributed by atoms with Crippen LogP contribution in [0.15, 0.2) is 0 Å². The van der Waals surface area contributed by atoms with E-state index in [0.29, 0.717) is 6.10 Å². The zero-order valence-corrected chi connectivity index (χ0v) is 10.1. The van der Waals surface area contributed by atoms with Crippen LogP contribution in [-0.2, 0) is 14.3 Å². The minimum Gasteiger partial charge on any atom is -0.469 e. The minimum absolute atomic E-state index is 0.00968. The molecule has 16 heavy (non-hydrogen) atoms. The van der Waals surface area contributed by atoms with E-state index in [2.05, 4.69) is 5.32 Å². The number of carbonyl (C=O) groups excluding carboxylic acids is 1. The number of rotatable bonds is 2. The van der Waals surface area contributed by atoms with Crippen molar-refractivity contribution in [1.29, 1.82) is 0 Å². The monoisotopic (exact) mass is 227 g/mol. The zero-order valence-electron chi connectivity index (χ0n) is 10.1. The van der Waals surface area contributed by atoms with Gasteiger partial charge >= 0.3 is 5.97 Å². The Hall–Kier alpha value is -0.610. The molecule has 92 valence electrons. The third-order valence-corrected chi connectivity index (χ3v) is 4.22. The number of ether oxygens (including phenoxy) is 2. The highest BCUT2D eigenvalue weighted by molar-refractivity contribution is 5.74. The van der Waals surface area contributed by atoms with Crippen molar-refractivity contribution < 1.29 is 14.3 Å². The van der Waals surface area contributed by atoms with E-state index in [4.69, 9.17) is 9.47 Å². The molecule has 1 saturated heterocycles. The largest absolute Gasteiger partial charge is 0.469 e. The maximum absolute atomic E-state index is 11.8. The fraction of sp³-hybridized carbons (Fsp3) is 0.917. The molecule has 1 N–H and O–H groups in total. The first-order chi connectivity index (χ1) is 7.72. The Balaban J connectivity index is 2.12. The molecule has 0 radical (unpaired) electrons. The Morgan fingerprint density at radius 2 is 2.25 bits per heavy atom. The minimum atomic E-state index is -0.0678. The molecule has 1 saturated carbocycles. The summed E-state index contributed by atoms with van der Waals surface area (Å²) < 4.78 is 10.4. The van der Waals surface area contributed by atoms with E-state index in [0.717, 1.165) is 38.8 Å². The number of hydrogen-bond donors (Lipinski definition) is 1. The molecule has 0 aromatic heterocycles. The molecule has 0 amide bonds. The average Bonchev–Trinajstić information content (AvgIpc) is 2.71. The molecule has 0 bridgehead atoms. The molecule has 2 aliphatic rings. The van der Waals surface area contributed by atoms with Gasteiger partial charge in [0.05, 0.1) is 19.1 Å². The predicted molar refractivity (Wildman–Crippen MR) is 60.1 cm³/mol. The fourth-order valence-electron chi connectivity index (χ4n) is 3.30. The third kappa shape index (κ3) is 1.96. The summed E-state index contributed by atoms with van der Waals surface area (Å²) in [6.07, 6.45) is 4.66. The molecular formula is C12H21NO3. The van der Waals surface area contributed by atoms with E-state index >= 15 is 0 Å². The van der Waals surface area contributed by atoms with Gasteiger partial charge in [0.25, 0.3) is 0 Å². The van der Waals surface area contributed by atoms with Crippen molar-refractivity contribution in [3.05, 3.63) is 0 Å². The summed E-state index contributed by atoms with van der Waals surface area (Å²) in [6, 6.07) is 0. The maximum Gasteiger partial charge on any atom is 0.310 e. The molecule has 2 fully saturated rings. The number of hydrogen-bond acceptors (Lipinski definition) is 4. The van der Waals surface area contributed by atoms with Crippen molar-refractivity contribution in [2.45, 2.75) is 31.8 Å². The number of nitrogens with one attached hydrogen (secondary N) is 1. The molecule has 2 rings (SSSR count). The first-order valence-electron chi connectivity index (χ1n) is 6.03. The lowest BCUT2D eigenvalue weighted by Gasteiger charge is -2.40. The Kier molecular flexibility index (Phi) is 3.50. The van der Waals surface area contributed by atoms with Gasteiger partial charge in [-0.15, -0.1) is 0 Å². The quantitative estimate of drug-likeness (QED) is 0.714. The molecule has 1 aliphatic carbocycles. The van der Waals surface area contributed by atoms with Gasteiger partial charge in [-0.3, -0.25) is 4.79 Å². The third-order valence-electron chi connectivity index (χ3n) is 4.22. The highest BCUT2D eigenvalue weighted by atomic mass is 16.5. The van der Waals surface area contributed by atoms with Crippen LogP contribution in [0, 0.1) is 11.3 Å². The summed E-state index contributed by atoms with van der Waals surface area (Å²) in [5.74, 6) is -0.0581. The van der Waals surface area contributed by atoms with E-state index in [9.17, 15) is 4.79 Å². The summed E-state index contributed by atoms with van der Waals surface area (Å²) in [5.41, 5.74) is 0.0754. The number of methoxy groups -OCH3 is 2. The van der Waals surface area contributed by atoms with Crippen LogP contribution in [0.5, 0.6) is 0 Å². The molecule has 0 aromatic carbocycles. The lowest BCUT2D eigenvalue weighted by atomic mass is 9.67. The smallest absolute Gasteiger partial charge is 0.310 e. The van der Waals surface area contributed by atoms with Crippen molar-refractivity contribution in [2.24, 2.45) is 11.3 Å². The van der Waals surface area contributed by atoms with Crippen molar-refractivity contribution in [2.75, 3.05) is 27.3 Å². The van der Waals surface area contributed by atoms with E-state index in [1.807, 2.05) is 0 Å². The van der Waals surface area contributed by atoms with Gasteiger partial charge in [-0.25, -0.2) is 0 Å². The average molecular weight is 227 g/mol. The van der Waals surface area contributed by atoms with Gasteiger partial charge in [0.2, 0.25) is 0 Å². The molecular weight excluding hydrogens is 206 g/mol. The van der Waals surface area contributed by atoms with Crippen LogP contribution in [-0.4, -0.2) is 39.4 Å². The predicted octanol–water partition coefficient (Wildman–Crippen LogP) is 0.954. The van der Waals surface area contributed by atoms with Gasteiger partial charge in [-0.05, 0) is 24.7 Å². The maximum atomic E-state index is 11.8. The summed E-state index contributed by atoms with van der Waals surface area (Å²) >= 11 is 0. The zero-order chi connectivity index (χ0) is 11.6. The van der Waals surface area contributed by atoms with Crippen LogP contribution in [0.3, 0.4) is 0 Å². The van der Waals surface area contributed by atoms with Crippen LogP contribution in [0.2, 0.25) is 0 Å². The van der Waals surface area contributed by atoms with Crippen molar-refractivity contribution in [3.63, 3.8) is 0 Å². The van der Waals surface area contributed by atoms with Crippen molar-refractivity contribution in [3.8, 4) is 0 Å². The molecule has 0 aromatic rings. The van der Waals surface area contributed by atoms with E-state index in [1.165, 1.54) is 7.11 Å². The first kappa shape index (κ1) is 11.9. The Morgan fingerprint density at radius 3 is 2.94 bits per heavy atom. The second-order valence-electron chi connectivity index (χ2n) is 5.02. The summed E-state index contributed by atoms with van der Waals surface area (Å²) in [6.45, 7) is 1.68. The van der Waals surface area contributed by atoms with Crippen LogP contribution in [0.4, 0.5) is 0 Å². The topological polar surface area (TPSA) is 47.6 Å². The van der Waals surface area contributed by atoms with Gasteiger partial charge in [-0.1, -0.05) is 6.42 Å². The van der Waals surface area contributed by atoms with E-state index < -0.39 is 0 Å². The summed E-state index contributed by atoms with van der Waals surface area (Å²) in [5, 5.41) is 3.34. The lowest BCUT2D eigenvalue weighted by Crippen LogP contribution is -2.41. The highest BCUT2D eigenvalue weighted by Crippen LogP contribution is 2.45. The van der Waals surface area contributed by atoms with Crippen molar-refractivity contribution in [1.82, 2.24) is 5.32 Å². The lowest BCUT2D eigenvalue weighted by molar-refractivity contribution is -0.150. The Labute approximate surface area is 96.7 Å². The summed E-state index contributed by atoms with van der Waals surface area (Å²) in [7, 11) is 3.24. The van der Waals surface area contributed by atoms with Gasteiger partial charge in [0, 0.05) is 20.2 Å². The van der Waals surface area contributed by atoms with Gasteiger partial charge in [0.15, 0.2) is 0 Å². The molecule has 3 atom stereocenters. The molecule has 3 unspecified atom stereocenters. The van der Waals surface area contributed by atoms with Gasteiger partial charge in [0.1, 0.15) is 0 Å². The van der Waals surface area contributed by atoms with E-state index in [1.54, 1.807) is 7.11 Å². The summed E-state index contributed by atoms with van der Waals surface area (Å²) in [4.78, 5) is 11.8. The van der Waals surface area contributed by atoms with E-state index in [-0.39, 0.29) is 17.3 Å². The molecule has 1 aliphatic heterocycles. The van der Waals surface area contributed by atoms with Crippen molar-refractivity contribution >= 4 is 5.97 Å². The standard InChI is InChI=1S/C12H21NO3/c1-15-9-4-3-5-12(6-9)8-13-7-10(12)11(14)16-2/h9-10,13H,3-8H2,1-2H3. The Morgan fingerprint density at radius 1 is 1.44 bits per heavy atom. The SMILES string of the molecule is COC(=O)C1CNCC12CCCC(OC)C2. The fourth-order valence-corrected chi connectivity index (χ4v) is 3.30. The van der Waals surface area contributed by atoms with Gasteiger partial charge in [-0.2, -0.15) is 0 Å². The molecule has 4 nitrogen and oxygen atoms in total. The number of esters is 1. The second-order valence-corrected chi connectivity index (χ2v) is 5.02. The highest BCUT2D eigenvalue weighted by Gasteiger charge is 2.49. The number of carbonyl (C=O) groups is 1. The van der Waals surface area contributed by atoms with Gasteiger partial charge < -0.3 is 14.8 Å². The normalized spacial score (nSPS) is 38.9. The molecule has 1 heterocycles.